The lowest BCUT2D eigenvalue weighted by atomic mass is 10.0. The van der Waals surface area contributed by atoms with Crippen molar-refractivity contribution in [2.75, 3.05) is 13.1 Å². The molecule has 1 fully saturated rings. The van der Waals surface area contributed by atoms with E-state index in [1.807, 2.05) is 12.3 Å². The number of nitrogens with one attached hydrogen (secondary N) is 1. The standard InChI is InChI=1S/C17H22N2O/c1-2-3-5-13-10-14-6-4-8-19-17(14)16(11-13)20-15-7-9-18-12-15/h4,6,8,10-11,15,18H,2-3,5,7,9,12H2,1H3. The van der Waals surface area contributed by atoms with Crippen molar-refractivity contribution < 1.29 is 4.74 Å². The number of nitrogens with zero attached hydrogens (tertiary/aromatic N) is 1. The van der Waals surface area contributed by atoms with Crippen LogP contribution in [0.4, 0.5) is 0 Å². The van der Waals surface area contributed by atoms with E-state index in [1.165, 1.54) is 23.8 Å². The Morgan fingerprint density at radius 1 is 1.40 bits per heavy atom. The fourth-order valence-electron chi connectivity index (χ4n) is 2.74. The van der Waals surface area contributed by atoms with Gasteiger partial charge in [-0.1, -0.05) is 19.4 Å². The van der Waals surface area contributed by atoms with Gasteiger partial charge in [-0.15, -0.1) is 0 Å². The third kappa shape index (κ3) is 2.93. The largest absolute Gasteiger partial charge is 0.487 e. The predicted molar refractivity (Wildman–Crippen MR) is 82.3 cm³/mol. The Morgan fingerprint density at radius 2 is 2.35 bits per heavy atom. The molecule has 3 nitrogen and oxygen atoms in total. The molecule has 1 unspecified atom stereocenters. The smallest absolute Gasteiger partial charge is 0.146 e. The summed E-state index contributed by atoms with van der Waals surface area (Å²) in [5.74, 6) is 0.947. The molecule has 1 saturated heterocycles. The van der Waals surface area contributed by atoms with E-state index in [4.69, 9.17) is 4.74 Å². The second-order valence-corrected chi connectivity index (χ2v) is 5.51. The Morgan fingerprint density at radius 3 is 3.15 bits per heavy atom. The lowest BCUT2D eigenvalue weighted by molar-refractivity contribution is 0.225. The first kappa shape index (κ1) is 13.4. The number of hydrogen-bond acceptors (Lipinski definition) is 3. The molecule has 0 amide bonds. The molecular formula is C17H22N2O. The van der Waals surface area contributed by atoms with E-state index in [0.717, 1.165) is 37.2 Å². The van der Waals surface area contributed by atoms with Crippen LogP contribution in [0.5, 0.6) is 5.75 Å². The number of pyridine rings is 1. The zero-order valence-electron chi connectivity index (χ0n) is 12.1. The number of hydrogen-bond donors (Lipinski definition) is 1. The lowest BCUT2D eigenvalue weighted by Crippen LogP contribution is -2.19. The first-order valence-corrected chi connectivity index (χ1v) is 7.62. The topological polar surface area (TPSA) is 34.1 Å². The summed E-state index contributed by atoms with van der Waals surface area (Å²) < 4.78 is 6.18. The molecule has 1 N–H and O–H groups in total. The van der Waals surface area contributed by atoms with Crippen molar-refractivity contribution in [2.45, 2.75) is 38.7 Å². The fraction of sp³-hybridized carbons (Fsp3) is 0.471. The molecule has 3 rings (SSSR count). The molecule has 1 aromatic carbocycles. The molecular weight excluding hydrogens is 248 g/mol. The van der Waals surface area contributed by atoms with Crippen molar-refractivity contribution in [1.82, 2.24) is 10.3 Å². The predicted octanol–water partition coefficient (Wildman–Crippen LogP) is 3.32. The SMILES string of the molecule is CCCCc1cc(OC2CCNC2)c2ncccc2c1. The molecule has 0 bridgehead atoms. The Bertz CT molecular complexity index is 576. The van der Waals surface area contributed by atoms with Gasteiger partial charge < -0.3 is 10.1 Å². The van der Waals surface area contributed by atoms with Gasteiger partial charge in [-0.25, -0.2) is 0 Å². The van der Waals surface area contributed by atoms with E-state index in [9.17, 15) is 0 Å². The molecule has 20 heavy (non-hydrogen) atoms. The van der Waals surface area contributed by atoms with E-state index in [0.29, 0.717) is 0 Å². The first-order valence-electron chi connectivity index (χ1n) is 7.62. The Balaban J connectivity index is 1.93. The van der Waals surface area contributed by atoms with Crippen LogP contribution in [0.1, 0.15) is 31.7 Å². The number of ether oxygens (including phenoxy) is 1. The van der Waals surface area contributed by atoms with Crippen molar-refractivity contribution in [3.05, 3.63) is 36.0 Å². The van der Waals surface area contributed by atoms with Gasteiger partial charge in [0.05, 0.1) is 0 Å². The van der Waals surface area contributed by atoms with Crippen molar-refractivity contribution in [3.63, 3.8) is 0 Å². The van der Waals surface area contributed by atoms with Crippen LogP contribution in [-0.4, -0.2) is 24.2 Å². The molecule has 1 aliphatic rings. The van der Waals surface area contributed by atoms with Gasteiger partial charge in [-0.2, -0.15) is 0 Å². The fourth-order valence-corrected chi connectivity index (χ4v) is 2.74. The molecule has 0 aliphatic carbocycles. The van der Waals surface area contributed by atoms with Gasteiger partial charge in [-0.05, 0) is 49.6 Å². The maximum atomic E-state index is 6.18. The van der Waals surface area contributed by atoms with Crippen LogP contribution in [0.3, 0.4) is 0 Å². The zero-order valence-corrected chi connectivity index (χ0v) is 12.1. The molecule has 2 aromatic rings. The highest BCUT2D eigenvalue weighted by Gasteiger charge is 2.17. The highest BCUT2D eigenvalue weighted by molar-refractivity contribution is 5.85. The molecule has 0 radical (unpaired) electrons. The summed E-state index contributed by atoms with van der Waals surface area (Å²) in [6, 6.07) is 8.55. The van der Waals surface area contributed by atoms with Crippen molar-refractivity contribution in [3.8, 4) is 5.75 Å². The Labute approximate surface area is 120 Å². The molecule has 0 saturated carbocycles. The highest BCUT2D eigenvalue weighted by Crippen LogP contribution is 2.28. The maximum Gasteiger partial charge on any atom is 0.146 e. The van der Waals surface area contributed by atoms with Crippen LogP contribution < -0.4 is 10.1 Å². The normalized spacial score (nSPS) is 18.6. The summed E-state index contributed by atoms with van der Waals surface area (Å²) in [4.78, 5) is 4.50. The summed E-state index contributed by atoms with van der Waals surface area (Å²) in [7, 11) is 0. The molecule has 2 heterocycles. The van der Waals surface area contributed by atoms with Crippen molar-refractivity contribution >= 4 is 10.9 Å². The number of benzene rings is 1. The van der Waals surface area contributed by atoms with Gasteiger partial charge in [0.2, 0.25) is 0 Å². The molecule has 1 aromatic heterocycles. The molecule has 1 aliphatic heterocycles. The molecule has 106 valence electrons. The minimum atomic E-state index is 0.279. The minimum Gasteiger partial charge on any atom is -0.487 e. The van der Waals surface area contributed by atoms with Crippen LogP contribution >= 0.6 is 0 Å². The average molecular weight is 270 g/mol. The highest BCUT2D eigenvalue weighted by atomic mass is 16.5. The monoisotopic (exact) mass is 270 g/mol. The third-order valence-electron chi connectivity index (χ3n) is 3.86. The van der Waals surface area contributed by atoms with Crippen molar-refractivity contribution in [2.24, 2.45) is 0 Å². The molecule has 3 heteroatoms. The van der Waals surface area contributed by atoms with Gasteiger partial charge in [-0.3, -0.25) is 4.98 Å². The number of aryl methyl sites for hydroxylation is 1. The van der Waals surface area contributed by atoms with Gasteiger partial charge in [0.15, 0.2) is 0 Å². The van der Waals surface area contributed by atoms with Crippen LogP contribution in [0.2, 0.25) is 0 Å². The van der Waals surface area contributed by atoms with E-state index in [1.54, 1.807) is 0 Å². The number of unbranched alkanes of at least 4 members (excludes halogenated alkanes) is 1. The van der Waals surface area contributed by atoms with E-state index < -0.39 is 0 Å². The first-order chi connectivity index (χ1) is 9.86. The minimum absolute atomic E-state index is 0.279. The summed E-state index contributed by atoms with van der Waals surface area (Å²) in [5, 5.41) is 4.53. The Kier molecular flexibility index (Phi) is 4.16. The summed E-state index contributed by atoms with van der Waals surface area (Å²) in [5.41, 5.74) is 2.34. The number of fused-ring (bicyclic) bond motifs is 1. The van der Waals surface area contributed by atoms with Crippen LogP contribution in [0, 0.1) is 0 Å². The van der Waals surface area contributed by atoms with E-state index in [2.05, 4.69) is 35.4 Å². The third-order valence-corrected chi connectivity index (χ3v) is 3.86. The Hall–Kier alpha value is -1.61. The van der Waals surface area contributed by atoms with Gasteiger partial charge in [0.1, 0.15) is 17.4 Å². The van der Waals surface area contributed by atoms with E-state index in [-0.39, 0.29) is 6.10 Å². The number of aromatic nitrogens is 1. The lowest BCUT2D eigenvalue weighted by Gasteiger charge is -2.15. The second kappa shape index (κ2) is 6.23. The van der Waals surface area contributed by atoms with Gasteiger partial charge >= 0.3 is 0 Å². The maximum absolute atomic E-state index is 6.18. The quantitative estimate of drug-likeness (QED) is 0.905. The van der Waals surface area contributed by atoms with Crippen LogP contribution in [0.15, 0.2) is 30.5 Å². The van der Waals surface area contributed by atoms with Crippen molar-refractivity contribution in [1.29, 1.82) is 0 Å². The second-order valence-electron chi connectivity index (χ2n) is 5.51. The molecule has 0 spiro atoms. The summed E-state index contributed by atoms with van der Waals surface area (Å²) >= 11 is 0. The van der Waals surface area contributed by atoms with E-state index >= 15 is 0 Å². The van der Waals surface area contributed by atoms with Gasteiger partial charge in [0.25, 0.3) is 0 Å². The summed E-state index contributed by atoms with van der Waals surface area (Å²) in [6.45, 7) is 4.21. The summed E-state index contributed by atoms with van der Waals surface area (Å²) in [6.07, 6.45) is 6.74. The number of rotatable bonds is 5. The van der Waals surface area contributed by atoms with Crippen LogP contribution in [-0.2, 0) is 6.42 Å². The average Bonchev–Trinajstić information content (AvgIpc) is 2.98. The zero-order chi connectivity index (χ0) is 13.8. The van der Waals surface area contributed by atoms with Crippen LogP contribution in [0.25, 0.3) is 10.9 Å². The molecule has 1 atom stereocenters. The van der Waals surface area contributed by atoms with Gasteiger partial charge in [0, 0.05) is 18.1 Å².